The minimum Gasteiger partial charge on any atom is -0.311 e. The van der Waals surface area contributed by atoms with Gasteiger partial charge in [-0.3, -0.25) is 0 Å². The van der Waals surface area contributed by atoms with Crippen LogP contribution in [0, 0.1) is 41.5 Å². The van der Waals surface area contributed by atoms with Crippen molar-refractivity contribution in [2.45, 2.75) is 224 Å². The molecule has 0 saturated carbocycles. The fourth-order valence-corrected chi connectivity index (χ4v) is 19.2. The molecular formula is C112H123B2N5. The van der Waals surface area contributed by atoms with Gasteiger partial charge in [0.15, 0.2) is 0 Å². The lowest BCUT2D eigenvalue weighted by Crippen LogP contribution is -2.61. The predicted molar refractivity (Wildman–Crippen MR) is 520 cm³/mol. The van der Waals surface area contributed by atoms with E-state index in [1.165, 1.54) is 230 Å². The number of hydrogen-bond donors (Lipinski definition) is 0. The van der Waals surface area contributed by atoms with Crippen LogP contribution in [0.2, 0.25) is 0 Å². The summed E-state index contributed by atoms with van der Waals surface area (Å²) in [5.41, 5.74) is 44.9. The predicted octanol–water partition coefficient (Wildman–Crippen LogP) is 28.0. The van der Waals surface area contributed by atoms with Gasteiger partial charge in [-0.25, -0.2) is 0 Å². The van der Waals surface area contributed by atoms with E-state index in [1.807, 2.05) is 0 Å². The second kappa shape index (κ2) is 32.6. The summed E-state index contributed by atoms with van der Waals surface area (Å²) < 4.78 is 0. The average molecular weight is 1560 g/mol. The molecule has 0 unspecified atom stereocenters. The molecule has 119 heavy (non-hydrogen) atoms. The first-order chi connectivity index (χ1) is 56.9. The molecule has 0 N–H and O–H groups in total. The van der Waals surface area contributed by atoms with Crippen LogP contribution >= 0.6 is 0 Å². The third kappa shape index (κ3) is 16.3. The molecule has 0 bridgehead atoms. The zero-order valence-electron chi connectivity index (χ0n) is 74.8. The van der Waals surface area contributed by atoms with E-state index < -0.39 is 0 Å². The van der Waals surface area contributed by atoms with Gasteiger partial charge in [-0.05, 0) is 316 Å². The minimum absolute atomic E-state index is 0.0132. The summed E-state index contributed by atoms with van der Waals surface area (Å²) in [5, 5.41) is 0. The van der Waals surface area contributed by atoms with Crippen molar-refractivity contribution in [3.8, 4) is 11.1 Å². The molecule has 0 spiro atoms. The Balaban J connectivity index is 0.000000179. The normalized spacial score (nSPS) is 13.3. The molecule has 13 aromatic carbocycles. The first-order valence-electron chi connectivity index (χ1n) is 44.4. The zero-order valence-corrected chi connectivity index (χ0v) is 74.8. The molecule has 0 atom stereocenters. The van der Waals surface area contributed by atoms with E-state index in [1.54, 1.807) is 0 Å². The van der Waals surface area contributed by atoms with Crippen LogP contribution in [0.1, 0.15) is 215 Å². The number of hydrogen-bond acceptors (Lipinski definition) is 5. The van der Waals surface area contributed by atoms with Crippen LogP contribution < -0.4 is 57.3 Å². The first kappa shape index (κ1) is 81.7. The monoisotopic (exact) mass is 1560 g/mol. The highest BCUT2D eigenvalue weighted by molar-refractivity contribution is 7.01. The lowest BCUT2D eigenvalue weighted by Gasteiger charge is -2.45. The Labute approximate surface area is 714 Å². The second-order valence-electron chi connectivity index (χ2n) is 39.1. The van der Waals surface area contributed by atoms with Crippen LogP contribution in [0.25, 0.3) is 11.1 Å². The highest BCUT2D eigenvalue weighted by Crippen LogP contribution is 2.50. The van der Waals surface area contributed by atoms with E-state index in [2.05, 4.69) is 424 Å². The van der Waals surface area contributed by atoms with Crippen molar-refractivity contribution >= 4 is 132 Å². The van der Waals surface area contributed by atoms with E-state index in [4.69, 9.17) is 0 Å². The van der Waals surface area contributed by atoms with Gasteiger partial charge >= 0.3 is 0 Å². The Morgan fingerprint density at radius 3 is 1.00 bits per heavy atom. The second-order valence-corrected chi connectivity index (χ2v) is 39.1. The highest BCUT2D eigenvalue weighted by Gasteiger charge is 2.47. The number of para-hydroxylation sites is 1. The van der Waals surface area contributed by atoms with E-state index >= 15 is 0 Å². The molecule has 7 heteroatoms. The summed E-state index contributed by atoms with van der Waals surface area (Å²) in [7, 11) is 0. The maximum Gasteiger partial charge on any atom is 0.252 e. The Kier molecular flexibility index (Phi) is 22.4. The fraction of sp³-hybridized carbons (Fsp3) is 0.304. The third-order valence-corrected chi connectivity index (χ3v) is 25.4. The number of benzene rings is 13. The SMILES string of the molecule is CCCCCCc1ccc(N2c3cc(-c4cc(C)cc(C)c4)ccc3B3c4cc(C(C)(C)C)ccc4N(c4ccc(C(C)(C)C)cc4)c4cc(C)cc2c43)cc1.CCCCCCc1ccc(N2c3cc(N(c4ccccc4)c4cc(C)cc(C)c4)ccc3B3c4cc(C(C)(C)C)ccc4N(c4ccc(C(C)(C)C)cc4)c4cc(C)cc2c43)cc1. The number of fused-ring (bicyclic) bond motifs is 8. The molecule has 0 aliphatic carbocycles. The van der Waals surface area contributed by atoms with E-state index in [0.29, 0.717) is 0 Å². The smallest absolute Gasteiger partial charge is 0.252 e. The quantitative estimate of drug-likeness (QED) is 0.0627. The van der Waals surface area contributed by atoms with Gasteiger partial charge in [-0.1, -0.05) is 280 Å². The van der Waals surface area contributed by atoms with Gasteiger partial charge in [0.2, 0.25) is 0 Å². The molecule has 17 rings (SSSR count). The van der Waals surface area contributed by atoms with Crippen molar-refractivity contribution in [3.63, 3.8) is 0 Å². The van der Waals surface area contributed by atoms with E-state index in [0.717, 1.165) is 29.9 Å². The summed E-state index contributed by atoms with van der Waals surface area (Å²) >= 11 is 0. The van der Waals surface area contributed by atoms with Gasteiger partial charge in [0.25, 0.3) is 13.4 Å². The van der Waals surface area contributed by atoms with Crippen LogP contribution in [0.15, 0.2) is 261 Å². The van der Waals surface area contributed by atoms with E-state index in [-0.39, 0.29) is 35.1 Å². The molecule has 0 aromatic heterocycles. The number of aryl methyl sites for hydroxylation is 8. The highest BCUT2D eigenvalue weighted by atomic mass is 15.2. The van der Waals surface area contributed by atoms with Gasteiger partial charge in [-0.2, -0.15) is 0 Å². The van der Waals surface area contributed by atoms with Crippen molar-refractivity contribution in [1.82, 2.24) is 0 Å². The molecule has 0 saturated heterocycles. The van der Waals surface area contributed by atoms with Crippen LogP contribution in [-0.4, -0.2) is 13.4 Å². The molecule has 0 fully saturated rings. The van der Waals surface area contributed by atoms with Gasteiger partial charge < -0.3 is 24.5 Å². The van der Waals surface area contributed by atoms with Crippen molar-refractivity contribution in [2.24, 2.45) is 0 Å². The molecule has 602 valence electrons. The summed E-state index contributed by atoms with van der Waals surface area (Å²) in [6.07, 6.45) is 12.4. The number of anilines is 15. The van der Waals surface area contributed by atoms with Crippen LogP contribution in [0.5, 0.6) is 0 Å². The Morgan fingerprint density at radius 1 is 0.252 bits per heavy atom. The summed E-state index contributed by atoms with van der Waals surface area (Å²) in [6.45, 7) is 45.8. The topological polar surface area (TPSA) is 16.2 Å². The van der Waals surface area contributed by atoms with Crippen molar-refractivity contribution in [3.05, 3.63) is 328 Å². The standard InChI is InChI=1S/C59H64BN3.C53H59BN2/c1-11-12-13-15-18-43-21-26-47(27-22-43)63-54-39-49(61(46-19-16-14-17-20-46)50-34-40(2)33-41(3)35-50)30-31-51(54)60-52-38-45(59(8,9)10)25-32-53(52)62(55-36-42(4)37-56(63)57(55)60)48-28-23-44(24-29-48)58(5,6)7;1-11-12-13-14-15-38-16-22-43(23-17-38)56-48-33-39(40-29-35(2)28-36(3)30-40)18-26-45(48)54-46-34-42(53(8,9)10)21-27-47(46)55(49-31-37(4)32-50(56)51(49)54)44-24-19-41(20-25-44)52(5,6)7/h14,16-17,19-39H,11-13,15,18H2,1-10H3;16-34H,11-15H2,1-10H3. The lowest BCUT2D eigenvalue weighted by atomic mass is 9.33. The maximum absolute atomic E-state index is 2.58. The largest absolute Gasteiger partial charge is 0.311 e. The number of unbranched alkanes of at least 4 members (excludes halogenated alkanes) is 6. The summed E-state index contributed by atoms with van der Waals surface area (Å²) in [6, 6.07) is 101. The lowest BCUT2D eigenvalue weighted by molar-refractivity contribution is 0.590. The molecule has 4 aliphatic rings. The minimum atomic E-state index is -0.0155. The molecular weight excluding hydrogens is 1440 g/mol. The third-order valence-electron chi connectivity index (χ3n) is 25.4. The zero-order chi connectivity index (χ0) is 83.7. The molecule has 5 nitrogen and oxygen atoms in total. The summed E-state index contributed by atoms with van der Waals surface area (Å²) in [4.78, 5) is 12.7. The summed E-state index contributed by atoms with van der Waals surface area (Å²) in [5.74, 6) is 0. The molecule has 0 amide bonds. The van der Waals surface area contributed by atoms with Crippen molar-refractivity contribution < 1.29 is 0 Å². The number of nitrogens with zero attached hydrogens (tertiary/aromatic N) is 5. The van der Waals surface area contributed by atoms with Gasteiger partial charge in [0.05, 0.1) is 0 Å². The van der Waals surface area contributed by atoms with Gasteiger partial charge in [-0.15, -0.1) is 0 Å². The molecule has 13 aromatic rings. The Hall–Kier alpha value is -11.0. The molecule has 4 aliphatic heterocycles. The first-order valence-corrected chi connectivity index (χ1v) is 44.4. The molecule has 0 radical (unpaired) electrons. The van der Waals surface area contributed by atoms with Crippen LogP contribution in [0.4, 0.5) is 85.3 Å². The van der Waals surface area contributed by atoms with Gasteiger partial charge in [0, 0.05) is 85.3 Å². The Bertz CT molecular complexity index is 5870. The van der Waals surface area contributed by atoms with E-state index in [9.17, 15) is 0 Å². The fourth-order valence-electron chi connectivity index (χ4n) is 19.2. The van der Waals surface area contributed by atoms with Gasteiger partial charge in [0.1, 0.15) is 0 Å². The van der Waals surface area contributed by atoms with Crippen LogP contribution in [-0.2, 0) is 34.5 Å². The number of rotatable bonds is 18. The Morgan fingerprint density at radius 2 is 0.605 bits per heavy atom. The van der Waals surface area contributed by atoms with Crippen molar-refractivity contribution in [1.29, 1.82) is 0 Å². The average Bonchev–Trinajstić information content (AvgIpc) is 0.700. The van der Waals surface area contributed by atoms with Crippen LogP contribution in [0.3, 0.4) is 0 Å². The molecule has 4 heterocycles. The van der Waals surface area contributed by atoms with Crippen molar-refractivity contribution in [2.75, 3.05) is 24.5 Å². The maximum atomic E-state index is 2.58.